The van der Waals surface area contributed by atoms with Gasteiger partial charge >= 0.3 is 0 Å². The van der Waals surface area contributed by atoms with E-state index in [0.29, 0.717) is 36.4 Å². The van der Waals surface area contributed by atoms with Crippen LogP contribution in [0.4, 0.5) is 0 Å². The molecule has 202 valence electrons. The molecule has 7 nitrogen and oxygen atoms in total. The molecule has 0 radical (unpaired) electrons. The van der Waals surface area contributed by atoms with Gasteiger partial charge in [-0.2, -0.15) is 0 Å². The summed E-state index contributed by atoms with van der Waals surface area (Å²) in [5.41, 5.74) is 4.54. The van der Waals surface area contributed by atoms with E-state index >= 15 is 0 Å². The molecule has 2 heterocycles. The van der Waals surface area contributed by atoms with Crippen molar-refractivity contribution < 1.29 is 9.53 Å². The molecule has 0 spiro atoms. The molecule has 3 aromatic carbocycles. The Bertz CT molecular complexity index is 1630. The molecule has 0 fully saturated rings. The number of carbonyl (C=O) groups is 1. The van der Waals surface area contributed by atoms with Gasteiger partial charge in [0.25, 0.3) is 5.56 Å². The van der Waals surface area contributed by atoms with Gasteiger partial charge in [-0.05, 0) is 53.4 Å². The summed E-state index contributed by atoms with van der Waals surface area (Å²) in [5, 5.41) is 0.542. The van der Waals surface area contributed by atoms with Crippen molar-refractivity contribution in [2.45, 2.75) is 25.9 Å². The molecule has 5 aromatic rings. The molecule has 5 rings (SSSR count). The highest BCUT2D eigenvalue weighted by Crippen LogP contribution is 2.23. The molecule has 2 aromatic heterocycles. The van der Waals surface area contributed by atoms with Crippen LogP contribution in [0, 0.1) is 0 Å². The predicted molar refractivity (Wildman–Crippen MR) is 157 cm³/mol. The summed E-state index contributed by atoms with van der Waals surface area (Å²) in [5.74, 6) is 0.472. The highest BCUT2D eigenvalue weighted by atomic mass is 16.5. The van der Waals surface area contributed by atoms with Gasteiger partial charge in [-0.15, -0.1) is 0 Å². The number of ether oxygens (including phenoxy) is 1. The van der Waals surface area contributed by atoms with Crippen LogP contribution in [0.25, 0.3) is 22.0 Å². The molecule has 0 aliphatic carbocycles. The summed E-state index contributed by atoms with van der Waals surface area (Å²) >= 11 is 0. The van der Waals surface area contributed by atoms with Gasteiger partial charge in [-0.1, -0.05) is 66.7 Å². The first-order chi connectivity index (χ1) is 19.5. The predicted octanol–water partition coefficient (Wildman–Crippen LogP) is 5.29. The highest BCUT2D eigenvalue weighted by molar-refractivity contribution is 5.80. The first kappa shape index (κ1) is 27.0. The van der Waals surface area contributed by atoms with Crippen molar-refractivity contribution in [3.63, 3.8) is 0 Å². The molecule has 1 atom stereocenters. The molecule has 0 bridgehead atoms. The van der Waals surface area contributed by atoms with E-state index in [2.05, 4.69) is 17.1 Å². The van der Waals surface area contributed by atoms with Crippen LogP contribution in [0.1, 0.15) is 29.9 Å². The maximum absolute atomic E-state index is 13.8. The lowest BCUT2D eigenvalue weighted by Gasteiger charge is -2.30. The average Bonchev–Trinajstić information content (AvgIpc) is 3.00. The average molecular weight is 533 g/mol. The Kier molecular flexibility index (Phi) is 8.42. The number of hydrogen-bond donors (Lipinski definition) is 0. The second-order valence-corrected chi connectivity index (χ2v) is 9.73. The van der Waals surface area contributed by atoms with Crippen LogP contribution in [0.15, 0.2) is 108 Å². The van der Waals surface area contributed by atoms with Gasteiger partial charge in [0, 0.05) is 26.0 Å². The van der Waals surface area contributed by atoms with Gasteiger partial charge < -0.3 is 9.64 Å². The van der Waals surface area contributed by atoms with Gasteiger partial charge in [0.15, 0.2) is 0 Å². The Hall–Kier alpha value is -4.62. The Morgan fingerprint density at radius 2 is 1.55 bits per heavy atom. The number of nitrogens with zero attached hydrogens (tertiary/aromatic N) is 4. The zero-order valence-electron chi connectivity index (χ0n) is 22.7. The lowest BCUT2D eigenvalue weighted by Crippen LogP contribution is -2.40. The second-order valence-electron chi connectivity index (χ2n) is 9.73. The smallest absolute Gasteiger partial charge is 0.261 e. The van der Waals surface area contributed by atoms with Crippen molar-refractivity contribution in [3.8, 4) is 11.1 Å². The molecular weight excluding hydrogens is 500 g/mol. The standard InChI is InChI=1S/C33H32N4O3/c1-24(32-35-30-11-7-6-10-29(30)33(39)37(32)23-26-16-18-34-19-17-26)36(20-21-40-2)31(38)22-25-12-14-28(15-13-25)27-8-4-3-5-9-27/h3-19,24H,20-23H2,1-2H3. The van der Waals surface area contributed by atoms with Gasteiger partial charge in [0.1, 0.15) is 5.82 Å². The van der Waals surface area contributed by atoms with Crippen molar-refractivity contribution in [3.05, 3.63) is 131 Å². The SMILES string of the molecule is COCCN(C(=O)Cc1ccc(-c2ccccc2)cc1)C(C)c1nc2ccccc2c(=O)n1Cc1ccncc1. The number of para-hydroxylation sites is 1. The molecule has 0 aliphatic rings. The molecule has 7 heteroatoms. The number of pyridine rings is 1. The minimum absolute atomic E-state index is 0.0603. The number of methoxy groups -OCH3 is 1. The van der Waals surface area contributed by atoms with Crippen LogP contribution in [0.5, 0.6) is 0 Å². The van der Waals surface area contributed by atoms with E-state index in [1.54, 1.807) is 35.0 Å². The van der Waals surface area contributed by atoms with Gasteiger partial charge in [0.05, 0.1) is 36.5 Å². The van der Waals surface area contributed by atoms with Crippen LogP contribution in [0.2, 0.25) is 0 Å². The first-order valence-corrected chi connectivity index (χ1v) is 13.4. The summed E-state index contributed by atoms with van der Waals surface area (Å²) < 4.78 is 7.02. The van der Waals surface area contributed by atoms with Crippen LogP contribution < -0.4 is 5.56 Å². The summed E-state index contributed by atoms with van der Waals surface area (Å²) in [6, 6.07) is 28.8. The van der Waals surface area contributed by atoms with E-state index in [1.165, 1.54) is 0 Å². The minimum atomic E-state index is -0.467. The molecule has 0 saturated carbocycles. The Morgan fingerprint density at radius 1 is 0.875 bits per heavy atom. The third-order valence-electron chi connectivity index (χ3n) is 7.10. The second kappa shape index (κ2) is 12.5. The largest absolute Gasteiger partial charge is 0.383 e. The fourth-order valence-corrected chi connectivity index (χ4v) is 4.91. The fourth-order valence-electron chi connectivity index (χ4n) is 4.91. The zero-order chi connectivity index (χ0) is 27.9. The number of amides is 1. The maximum Gasteiger partial charge on any atom is 0.261 e. The summed E-state index contributed by atoms with van der Waals surface area (Å²) in [6.07, 6.45) is 3.64. The number of aromatic nitrogens is 3. The van der Waals surface area contributed by atoms with Crippen LogP contribution in [0.3, 0.4) is 0 Å². The van der Waals surface area contributed by atoms with Gasteiger partial charge in [-0.3, -0.25) is 19.1 Å². The fraction of sp³-hybridized carbons (Fsp3) is 0.212. The normalized spacial score (nSPS) is 11.8. The van der Waals surface area contributed by atoms with E-state index < -0.39 is 6.04 Å². The van der Waals surface area contributed by atoms with Crippen LogP contribution in [-0.2, 0) is 22.5 Å². The van der Waals surface area contributed by atoms with Crippen molar-refractivity contribution in [2.75, 3.05) is 20.3 Å². The van der Waals surface area contributed by atoms with Crippen LogP contribution >= 0.6 is 0 Å². The third-order valence-corrected chi connectivity index (χ3v) is 7.10. The molecule has 0 aliphatic heterocycles. The molecular formula is C33H32N4O3. The zero-order valence-corrected chi connectivity index (χ0v) is 22.7. The van der Waals surface area contributed by atoms with Crippen molar-refractivity contribution in [2.24, 2.45) is 0 Å². The molecule has 40 heavy (non-hydrogen) atoms. The maximum atomic E-state index is 13.8. The monoisotopic (exact) mass is 532 g/mol. The Balaban J connectivity index is 1.47. The highest BCUT2D eigenvalue weighted by Gasteiger charge is 2.26. The Morgan fingerprint density at radius 3 is 2.27 bits per heavy atom. The number of hydrogen-bond acceptors (Lipinski definition) is 5. The number of fused-ring (bicyclic) bond motifs is 1. The lowest BCUT2D eigenvalue weighted by atomic mass is 10.0. The van der Waals surface area contributed by atoms with Crippen molar-refractivity contribution in [1.82, 2.24) is 19.4 Å². The summed E-state index contributed by atoms with van der Waals surface area (Å²) in [6.45, 7) is 2.99. The summed E-state index contributed by atoms with van der Waals surface area (Å²) in [7, 11) is 1.61. The molecule has 0 saturated heterocycles. The van der Waals surface area contributed by atoms with E-state index in [4.69, 9.17) is 9.72 Å². The number of rotatable bonds is 10. The van der Waals surface area contributed by atoms with E-state index in [0.717, 1.165) is 22.3 Å². The van der Waals surface area contributed by atoms with Crippen molar-refractivity contribution in [1.29, 1.82) is 0 Å². The van der Waals surface area contributed by atoms with Crippen molar-refractivity contribution >= 4 is 16.8 Å². The van der Waals surface area contributed by atoms with E-state index in [-0.39, 0.29) is 17.9 Å². The Labute approximate surface area is 233 Å². The van der Waals surface area contributed by atoms with E-state index in [9.17, 15) is 9.59 Å². The number of benzene rings is 3. The van der Waals surface area contributed by atoms with Crippen LogP contribution in [-0.4, -0.2) is 45.6 Å². The number of carbonyl (C=O) groups excluding carboxylic acids is 1. The minimum Gasteiger partial charge on any atom is -0.383 e. The quantitative estimate of drug-likeness (QED) is 0.244. The van der Waals surface area contributed by atoms with E-state index in [1.807, 2.05) is 79.7 Å². The first-order valence-electron chi connectivity index (χ1n) is 13.4. The molecule has 1 amide bonds. The summed E-state index contributed by atoms with van der Waals surface area (Å²) in [4.78, 5) is 38.2. The van der Waals surface area contributed by atoms with Gasteiger partial charge in [-0.25, -0.2) is 4.98 Å². The molecule has 0 N–H and O–H groups in total. The lowest BCUT2D eigenvalue weighted by molar-refractivity contribution is -0.133. The molecule has 1 unspecified atom stereocenters. The van der Waals surface area contributed by atoms with Gasteiger partial charge in [0.2, 0.25) is 5.91 Å². The topological polar surface area (TPSA) is 77.3 Å². The third kappa shape index (κ3) is 6.00.